The standard InChI is InChI=1S/C14H27N3/c1-5-8-16-14(4,11-15)10-13(3)17-9-6-7-12(17)2/h12-13,16H,5-10H2,1-4H3. The molecular weight excluding hydrogens is 210 g/mol. The topological polar surface area (TPSA) is 39.1 Å². The fourth-order valence-corrected chi connectivity index (χ4v) is 2.88. The van der Waals surface area contributed by atoms with Crippen molar-refractivity contribution in [2.24, 2.45) is 0 Å². The summed E-state index contributed by atoms with van der Waals surface area (Å²) in [7, 11) is 0. The molecule has 0 saturated carbocycles. The van der Waals surface area contributed by atoms with Crippen molar-refractivity contribution in [3.05, 3.63) is 0 Å². The lowest BCUT2D eigenvalue weighted by Crippen LogP contribution is -2.48. The minimum atomic E-state index is -0.377. The molecule has 17 heavy (non-hydrogen) atoms. The van der Waals surface area contributed by atoms with Gasteiger partial charge in [-0.15, -0.1) is 0 Å². The fourth-order valence-electron chi connectivity index (χ4n) is 2.88. The second-order valence-electron chi connectivity index (χ2n) is 5.65. The second-order valence-corrected chi connectivity index (χ2v) is 5.65. The van der Waals surface area contributed by atoms with Crippen LogP contribution in [0.25, 0.3) is 0 Å². The predicted molar refractivity (Wildman–Crippen MR) is 71.8 cm³/mol. The highest BCUT2D eigenvalue weighted by atomic mass is 15.2. The molecule has 98 valence electrons. The lowest BCUT2D eigenvalue weighted by Gasteiger charge is -2.34. The Labute approximate surface area is 106 Å². The molecule has 1 N–H and O–H groups in total. The Morgan fingerprint density at radius 1 is 1.59 bits per heavy atom. The smallest absolute Gasteiger partial charge is 0.105 e. The first-order valence-corrected chi connectivity index (χ1v) is 6.94. The fraction of sp³-hybridized carbons (Fsp3) is 0.929. The van der Waals surface area contributed by atoms with Gasteiger partial charge in [0.15, 0.2) is 0 Å². The number of nitrogens with one attached hydrogen (secondary N) is 1. The Hall–Kier alpha value is -0.590. The van der Waals surface area contributed by atoms with Crippen molar-refractivity contribution < 1.29 is 0 Å². The average Bonchev–Trinajstić information content (AvgIpc) is 2.73. The van der Waals surface area contributed by atoms with Crippen LogP contribution in [0, 0.1) is 11.3 Å². The zero-order valence-electron chi connectivity index (χ0n) is 11.8. The Bertz CT molecular complexity index is 271. The van der Waals surface area contributed by atoms with Crippen LogP contribution in [0.2, 0.25) is 0 Å². The first-order valence-electron chi connectivity index (χ1n) is 6.94. The molecule has 3 heteroatoms. The Morgan fingerprint density at radius 3 is 2.76 bits per heavy atom. The molecule has 0 aromatic rings. The third-order valence-corrected chi connectivity index (χ3v) is 3.89. The number of hydrogen-bond acceptors (Lipinski definition) is 3. The van der Waals surface area contributed by atoms with E-state index in [0.29, 0.717) is 12.1 Å². The first-order chi connectivity index (χ1) is 8.02. The van der Waals surface area contributed by atoms with Gasteiger partial charge in [0.2, 0.25) is 0 Å². The van der Waals surface area contributed by atoms with Gasteiger partial charge in [0.1, 0.15) is 5.54 Å². The maximum absolute atomic E-state index is 9.34. The summed E-state index contributed by atoms with van der Waals surface area (Å²) < 4.78 is 0. The van der Waals surface area contributed by atoms with Gasteiger partial charge >= 0.3 is 0 Å². The largest absolute Gasteiger partial charge is 0.300 e. The van der Waals surface area contributed by atoms with Gasteiger partial charge in [-0.3, -0.25) is 10.2 Å². The molecule has 0 aromatic carbocycles. The Balaban J connectivity index is 2.52. The third kappa shape index (κ3) is 3.97. The van der Waals surface area contributed by atoms with Crippen molar-refractivity contribution in [3.63, 3.8) is 0 Å². The highest BCUT2D eigenvalue weighted by Crippen LogP contribution is 2.24. The van der Waals surface area contributed by atoms with Gasteiger partial charge in [-0.25, -0.2) is 0 Å². The monoisotopic (exact) mass is 237 g/mol. The summed E-state index contributed by atoms with van der Waals surface area (Å²) in [6, 6.07) is 3.61. The molecule has 0 aromatic heterocycles. The van der Waals surface area contributed by atoms with Gasteiger partial charge in [-0.05, 0) is 59.5 Å². The van der Waals surface area contributed by atoms with Crippen molar-refractivity contribution in [2.45, 2.75) is 71.0 Å². The minimum Gasteiger partial charge on any atom is -0.300 e. The highest BCUT2D eigenvalue weighted by molar-refractivity contribution is 5.05. The molecule has 1 aliphatic heterocycles. The molecule has 3 atom stereocenters. The number of nitriles is 1. The van der Waals surface area contributed by atoms with E-state index >= 15 is 0 Å². The molecule has 3 nitrogen and oxygen atoms in total. The number of likely N-dealkylation sites (tertiary alicyclic amines) is 1. The van der Waals surface area contributed by atoms with Crippen LogP contribution in [0.4, 0.5) is 0 Å². The molecule has 3 unspecified atom stereocenters. The zero-order valence-corrected chi connectivity index (χ0v) is 11.8. The van der Waals surface area contributed by atoms with Gasteiger partial charge in [-0.1, -0.05) is 6.92 Å². The van der Waals surface area contributed by atoms with Gasteiger partial charge in [0.05, 0.1) is 6.07 Å². The molecule has 1 aliphatic rings. The second kappa shape index (κ2) is 6.37. The molecule has 0 radical (unpaired) electrons. The summed E-state index contributed by atoms with van der Waals surface area (Å²) in [6.07, 6.45) is 4.59. The van der Waals surface area contributed by atoms with Crippen LogP contribution in [0.3, 0.4) is 0 Å². The van der Waals surface area contributed by atoms with E-state index in [4.69, 9.17) is 0 Å². The van der Waals surface area contributed by atoms with Crippen molar-refractivity contribution in [1.82, 2.24) is 10.2 Å². The summed E-state index contributed by atoms with van der Waals surface area (Å²) in [5.41, 5.74) is -0.377. The van der Waals surface area contributed by atoms with Gasteiger partial charge in [-0.2, -0.15) is 5.26 Å². The van der Waals surface area contributed by atoms with Crippen LogP contribution in [0.15, 0.2) is 0 Å². The lowest BCUT2D eigenvalue weighted by atomic mass is 9.94. The molecule has 0 bridgehead atoms. The summed E-state index contributed by atoms with van der Waals surface area (Å²) in [6.45, 7) is 10.8. The molecule has 0 amide bonds. The maximum atomic E-state index is 9.34. The molecule has 1 heterocycles. The van der Waals surface area contributed by atoms with E-state index in [2.05, 4.69) is 37.1 Å². The summed E-state index contributed by atoms with van der Waals surface area (Å²) >= 11 is 0. The molecule has 1 fully saturated rings. The van der Waals surface area contributed by atoms with Crippen LogP contribution in [0.1, 0.15) is 53.4 Å². The molecule has 0 aliphatic carbocycles. The zero-order chi connectivity index (χ0) is 12.9. The minimum absolute atomic E-state index is 0.377. The van der Waals surface area contributed by atoms with E-state index < -0.39 is 0 Å². The third-order valence-electron chi connectivity index (χ3n) is 3.89. The summed E-state index contributed by atoms with van der Waals surface area (Å²) in [4.78, 5) is 2.54. The van der Waals surface area contributed by atoms with E-state index in [-0.39, 0.29) is 5.54 Å². The lowest BCUT2D eigenvalue weighted by molar-refractivity contribution is 0.170. The average molecular weight is 237 g/mol. The van der Waals surface area contributed by atoms with E-state index in [0.717, 1.165) is 19.4 Å². The highest BCUT2D eigenvalue weighted by Gasteiger charge is 2.31. The maximum Gasteiger partial charge on any atom is 0.105 e. The summed E-state index contributed by atoms with van der Waals surface area (Å²) in [5.74, 6) is 0. The van der Waals surface area contributed by atoms with Crippen LogP contribution in [-0.2, 0) is 0 Å². The number of rotatable bonds is 6. The Kier molecular flexibility index (Phi) is 5.42. The molecule has 0 spiro atoms. The van der Waals surface area contributed by atoms with Crippen molar-refractivity contribution in [2.75, 3.05) is 13.1 Å². The predicted octanol–water partition coefficient (Wildman–Crippen LogP) is 2.53. The van der Waals surface area contributed by atoms with E-state index in [1.165, 1.54) is 19.4 Å². The van der Waals surface area contributed by atoms with E-state index in [1.54, 1.807) is 0 Å². The summed E-state index contributed by atoms with van der Waals surface area (Å²) in [5, 5.41) is 12.7. The van der Waals surface area contributed by atoms with Crippen LogP contribution in [0.5, 0.6) is 0 Å². The normalized spacial score (nSPS) is 26.4. The van der Waals surface area contributed by atoms with Gasteiger partial charge < -0.3 is 0 Å². The number of hydrogen-bond donors (Lipinski definition) is 1. The van der Waals surface area contributed by atoms with Crippen molar-refractivity contribution >= 4 is 0 Å². The van der Waals surface area contributed by atoms with Crippen LogP contribution in [-0.4, -0.2) is 35.6 Å². The molecule has 1 rings (SSSR count). The van der Waals surface area contributed by atoms with Gasteiger partial charge in [0, 0.05) is 12.1 Å². The SMILES string of the molecule is CCCNC(C)(C#N)CC(C)N1CCCC1C. The first kappa shape index (κ1) is 14.5. The Morgan fingerprint density at radius 2 is 2.29 bits per heavy atom. The van der Waals surface area contributed by atoms with Crippen LogP contribution >= 0.6 is 0 Å². The van der Waals surface area contributed by atoms with Crippen molar-refractivity contribution in [3.8, 4) is 6.07 Å². The van der Waals surface area contributed by atoms with E-state index in [1.807, 2.05) is 6.92 Å². The quantitative estimate of drug-likeness (QED) is 0.771. The molecule has 1 saturated heterocycles. The van der Waals surface area contributed by atoms with Crippen LogP contribution < -0.4 is 5.32 Å². The van der Waals surface area contributed by atoms with E-state index in [9.17, 15) is 5.26 Å². The number of nitrogens with zero attached hydrogens (tertiary/aromatic N) is 2. The van der Waals surface area contributed by atoms with Gasteiger partial charge in [0.25, 0.3) is 0 Å². The van der Waals surface area contributed by atoms with Crippen molar-refractivity contribution in [1.29, 1.82) is 5.26 Å². The molecular formula is C14H27N3.